The van der Waals surface area contributed by atoms with Crippen LogP contribution < -0.4 is 0 Å². The van der Waals surface area contributed by atoms with E-state index in [-0.39, 0.29) is 0 Å². The molecule has 0 aromatic rings. The molecule has 2 heteroatoms. The van der Waals surface area contributed by atoms with Crippen molar-refractivity contribution >= 4 is 25.3 Å². The molecule has 0 saturated carbocycles. The molecule has 0 aromatic heterocycles. The molecule has 0 radical (unpaired) electrons. The van der Waals surface area contributed by atoms with Gasteiger partial charge in [-0.25, -0.2) is 0 Å². The van der Waals surface area contributed by atoms with E-state index in [1.165, 1.54) is 167 Å². The summed E-state index contributed by atoms with van der Waals surface area (Å²) in [6.45, 7) is 0. The Balaban J connectivity index is 3.05. The Morgan fingerprint density at radius 3 is 0.656 bits per heavy atom. The maximum Gasteiger partial charge on any atom is -0.00979 e. The molecule has 0 bridgehead atoms. The van der Waals surface area contributed by atoms with Gasteiger partial charge < -0.3 is 0 Å². The van der Waals surface area contributed by atoms with Crippen molar-refractivity contribution < 1.29 is 0 Å². The van der Waals surface area contributed by atoms with Crippen LogP contribution in [0.2, 0.25) is 0 Å². The van der Waals surface area contributed by atoms with E-state index >= 15 is 0 Å². The first-order valence-corrected chi connectivity index (χ1v) is 16.0. The first kappa shape index (κ1) is 32.4. The van der Waals surface area contributed by atoms with Crippen LogP contribution in [0.1, 0.15) is 167 Å². The molecule has 0 atom stereocenters. The summed E-state index contributed by atoms with van der Waals surface area (Å²) in [6.07, 6.45) is 41.8. The SMILES string of the molecule is SCCCCCCCCC/C=C/CCCCCCCCCCCCCCCCCCCS. The molecular weight excluding hydrogens is 424 g/mol. The van der Waals surface area contributed by atoms with Gasteiger partial charge in [0.2, 0.25) is 0 Å². The molecule has 0 amide bonds. The molecule has 0 N–H and O–H groups in total. The fourth-order valence-electron chi connectivity index (χ4n) is 4.52. The Bertz CT molecular complexity index is 340. The average molecular weight is 485 g/mol. The van der Waals surface area contributed by atoms with E-state index in [1.807, 2.05) is 0 Å². The molecule has 0 fully saturated rings. The number of hydrogen-bond donors (Lipinski definition) is 2. The lowest BCUT2D eigenvalue weighted by molar-refractivity contribution is 0.527. The van der Waals surface area contributed by atoms with Crippen molar-refractivity contribution in [1.82, 2.24) is 0 Å². The molecule has 0 unspecified atom stereocenters. The summed E-state index contributed by atoms with van der Waals surface area (Å²) in [4.78, 5) is 0. The van der Waals surface area contributed by atoms with Gasteiger partial charge in [0, 0.05) is 0 Å². The Labute approximate surface area is 215 Å². The predicted molar refractivity (Wildman–Crippen MR) is 157 cm³/mol. The Morgan fingerprint density at radius 2 is 0.438 bits per heavy atom. The minimum Gasteiger partial charge on any atom is -0.179 e. The Morgan fingerprint density at radius 1 is 0.250 bits per heavy atom. The molecule has 0 aliphatic carbocycles. The molecular formula is C30H60S2. The van der Waals surface area contributed by atoms with Gasteiger partial charge in [0.25, 0.3) is 0 Å². The van der Waals surface area contributed by atoms with Crippen molar-refractivity contribution in [2.75, 3.05) is 11.5 Å². The van der Waals surface area contributed by atoms with Crippen LogP contribution in [0, 0.1) is 0 Å². The number of allylic oxidation sites excluding steroid dienone is 2. The van der Waals surface area contributed by atoms with Gasteiger partial charge in [0.1, 0.15) is 0 Å². The highest BCUT2D eigenvalue weighted by atomic mass is 32.1. The third-order valence-electron chi connectivity index (χ3n) is 6.72. The maximum absolute atomic E-state index is 4.28. The highest BCUT2D eigenvalue weighted by molar-refractivity contribution is 7.80. The van der Waals surface area contributed by atoms with Crippen LogP contribution in [-0.4, -0.2) is 11.5 Å². The fraction of sp³-hybridized carbons (Fsp3) is 0.933. The zero-order valence-electron chi connectivity index (χ0n) is 21.8. The van der Waals surface area contributed by atoms with Crippen LogP contribution in [0.15, 0.2) is 12.2 Å². The van der Waals surface area contributed by atoms with Gasteiger partial charge in [-0.3, -0.25) is 0 Å². The van der Waals surface area contributed by atoms with Crippen molar-refractivity contribution in [3.8, 4) is 0 Å². The van der Waals surface area contributed by atoms with Crippen molar-refractivity contribution in [2.24, 2.45) is 0 Å². The predicted octanol–water partition coefficient (Wildman–Crippen LogP) is 11.5. The van der Waals surface area contributed by atoms with Gasteiger partial charge in [-0.1, -0.05) is 141 Å². The largest absolute Gasteiger partial charge is 0.179 e. The summed E-state index contributed by atoms with van der Waals surface area (Å²) < 4.78 is 0. The second kappa shape index (κ2) is 31.4. The summed E-state index contributed by atoms with van der Waals surface area (Å²) >= 11 is 8.55. The summed E-state index contributed by atoms with van der Waals surface area (Å²) in [5.41, 5.74) is 0. The summed E-state index contributed by atoms with van der Waals surface area (Å²) in [5.74, 6) is 2.12. The molecule has 0 nitrogen and oxygen atoms in total. The highest BCUT2D eigenvalue weighted by Crippen LogP contribution is 2.15. The summed E-state index contributed by atoms with van der Waals surface area (Å²) in [5, 5.41) is 0. The molecule has 0 heterocycles. The number of thiol groups is 2. The topological polar surface area (TPSA) is 0 Å². The zero-order chi connectivity index (χ0) is 23.2. The minimum absolute atomic E-state index is 1.06. The Kier molecular flexibility index (Phi) is 31.9. The normalized spacial score (nSPS) is 11.7. The standard InChI is InChI=1S/C30H60S2/c31-29-27-25-23-21-19-17-15-13-11-9-7-5-3-1-2-4-6-8-10-12-14-16-18-20-22-24-26-28-30-32/h9,11,31-32H,1-8,10,12-30H2/b11-9+. The summed E-state index contributed by atoms with van der Waals surface area (Å²) in [6, 6.07) is 0. The lowest BCUT2D eigenvalue weighted by Gasteiger charge is -2.03. The van der Waals surface area contributed by atoms with E-state index in [4.69, 9.17) is 0 Å². The van der Waals surface area contributed by atoms with Crippen LogP contribution in [0.4, 0.5) is 0 Å². The monoisotopic (exact) mass is 484 g/mol. The first-order chi connectivity index (χ1) is 15.9. The molecule has 0 aliphatic heterocycles. The van der Waals surface area contributed by atoms with Gasteiger partial charge in [-0.2, -0.15) is 25.3 Å². The minimum atomic E-state index is 1.06. The first-order valence-electron chi connectivity index (χ1n) is 14.8. The number of unbranched alkanes of at least 4 members (excludes halogenated alkanes) is 24. The summed E-state index contributed by atoms with van der Waals surface area (Å²) in [7, 11) is 0. The van der Waals surface area contributed by atoms with E-state index in [0.29, 0.717) is 0 Å². The van der Waals surface area contributed by atoms with Gasteiger partial charge in [0.05, 0.1) is 0 Å². The molecule has 0 spiro atoms. The van der Waals surface area contributed by atoms with Crippen molar-refractivity contribution in [1.29, 1.82) is 0 Å². The third-order valence-corrected chi connectivity index (χ3v) is 7.36. The van der Waals surface area contributed by atoms with Crippen LogP contribution in [0.3, 0.4) is 0 Å². The van der Waals surface area contributed by atoms with Gasteiger partial charge >= 0.3 is 0 Å². The van der Waals surface area contributed by atoms with Crippen molar-refractivity contribution in [3.63, 3.8) is 0 Å². The zero-order valence-corrected chi connectivity index (χ0v) is 23.6. The van der Waals surface area contributed by atoms with E-state index in [0.717, 1.165) is 11.5 Å². The number of rotatable bonds is 28. The van der Waals surface area contributed by atoms with E-state index in [1.54, 1.807) is 0 Å². The molecule has 32 heavy (non-hydrogen) atoms. The van der Waals surface area contributed by atoms with Crippen LogP contribution in [0.5, 0.6) is 0 Å². The second-order valence-corrected chi connectivity index (χ2v) is 10.9. The molecule has 0 aliphatic rings. The van der Waals surface area contributed by atoms with Gasteiger partial charge in [-0.15, -0.1) is 0 Å². The smallest absolute Gasteiger partial charge is 0.00979 e. The van der Waals surface area contributed by atoms with E-state index < -0.39 is 0 Å². The Hall–Kier alpha value is 0.440. The third kappa shape index (κ3) is 30.4. The van der Waals surface area contributed by atoms with Crippen LogP contribution in [-0.2, 0) is 0 Å². The van der Waals surface area contributed by atoms with Gasteiger partial charge in [-0.05, 0) is 50.0 Å². The molecule has 0 saturated heterocycles. The molecule has 192 valence electrons. The molecule has 0 aromatic carbocycles. The van der Waals surface area contributed by atoms with E-state index in [9.17, 15) is 0 Å². The fourth-order valence-corrected chi connectivity index (χ4v) is 4.97. The lowest BCUT2D eigenvalue weighted by Crippen LogP contribution is -1.84. The maximum atomic E-state index is 4.28. The molecule has 0 rings (SSSR count). The highest BCUT2D eigenvalue weighted by Gasteiger charge is 1.95. The van der Waals surface area contributed by atoms with E-state index in [2.05, 4.69) is 37.4 Å². The lowest BCUT2D eigenvalue weighted by atomic mass is 10.0. The van der Waals surface area contributed by atoms with Crippen LogP contribution >= 0.6 is 25.3 Å². The van der Waals surface area contributed by atoms with Crippen LogP contribution in [0.25, 0.3) is 0 Å². The average Bonchev–Trinajstić information content (AvgIpc) is 2.81. The number of hydrogen-bond acceptors (Lipinski definition) is 2. The van der Waals surface area contributed by atoms with Crippen molar-refractivity contribution in [2.45, 2.75) is 167 Å². The van der Waals surface area contributed by atoms with Crippen molar-refractivity contribution in [3.05, 3.63) is 12.2 Å². The van der Waals surface area contributed by atoms with Gasteiger partial charge in [0.15, 0.2) is 0 Å². The quantitative estimate of drug-likeness (QED) is 0.0615. The second-order valence-electron chi connectivity index (χ2n) is 9.98.